The normalized spacial score (nSPS) is 21.9. The minimum absolute atomic E-state index is 0.0105. The summed E-state index contributed by atoms with van der Waals surface area (Å²) in [6.45, 7) is 5.73. The van der Waals surface area contributed by atoms with E-state index in [1.54, 1.807) is 18.5 Å². The van der Waals surface area contributed by atoms with Crippen molar-refractivity contribution in [2.24, 2.45) is 11.8 Å². The number of aromatic nitrogens is 1. The van der Waals surface area contributed by atoms with Gasteiger partial charge in [0, 0.05) is 31.0 Å². The van der Waals surface area contributed by atoms with Gasteiger partial charge in [-0.05, 0) is 17.9 Å². The van der Waals surface area contributed by atoms with Crippen LogP contribution in [0.15, 0.2) is 18.5 Å². The molecule has 1 amide bonds. The zero-order valence-electron chi connectivity index (χ0n) is 11.3. The SMILES string of the molecule is CC1CN(C(=O)c2cncc(C#CCO)c2)CC1C. The molecule has 4 heteroatoms. The molecule has 1 N–H and O–H groups in total. The molecular formula is C15H18N2O2. The van der Waals surface area contributed by atoms with Crippen molar-refractivity contribution < 1.29 is 9.90 Å². The first kappa shape index (κ1) is 13.6. The van der Waals surface area contributed by atoms with Crippen molar-refractivity contribution in [2.45, 2.75) is 13.8 Å². The number of amides is 1. The molecule has 1 aliphatic rings. The molecule has 1 aromatic heterocycles. The van der Waals surface area contributed by atoms with Crippen LogP contribution in [0, 0.1) is 23.7 Å². The molecule has 1 aliphatic heterocycles. The molecule has 2 rings (SSSR count). The minimum Gasteiger partial charge on any atom is -0.384 e. The first-order chi connectivity index (χ1) is 9.11. The van der Waals surface area contributed by atoms with Crippen molar-refractivity contribution >= 4 is 5.91 Å². The number of nitrogens with zero attached hydrogens (tertiary/aromatic N) is 2. The predicted octanol–water partition coefficient (Wildman–Crippen LogP) is 1.15. The second-order valence-corrected chi connectivity index (χ2v) is 5.09. The predicted molar refractivity (Wildman–Crippen MR) is 72.4 cm³/mol. The van der Waals surface area contributed by atoms with Crippen molar-refractivity contribution in [1.29, 1.82) is 0 Å². The summed E-state index contributed by atoms with van der Waals surface area (Å²) in [6.07, 6.45) is 3.16. The Kier molecular flexibility index (Phi) is 4.18. The van der Waals surface area contributed by atoms with Gasteiger partial charge in [-0.25, -0.2) is 0 Å². The van der Waals surface area contributed by atoms with Crippen LogP contribution in [0.3, 0.4) is 0 Å². The van der Waals surface area contributed by atoms with Crippen LogP contribution in [0.25, 0.3) is 0 Å². The summed E-state index contributed by atoms with van der Waals surface area (Å²) < 4.78 is 0. The first-order valence-electron chi connectivity index (χ1n) is 6.46. The van der Waals surface area contributed by atoms with Gasteiger partial charge in [0.1, 0.15) is 6.61 Å². The van der Waals surface area contributed by atoms with E-state index in [4.69, 9.17) is 5.11 Å². The van der Waals surface area contributed by atoms with Crippen LogP contribution >= 0.6 is 0 Å². The largest absolute Gasteiger partial charge is 0.384 e. The van der Waals surface area contributed by atoms with Crippen molar-refractivity contribution in [3.63, 3.8) is 0 Å². The Morgan fingerprint density at radius 1 is 1.42 bits per heavy atom. The highest BCUT2D eigenvalue weighted by atomic mass is 16.2. The van der Waals surface area contributed by atoms with Gasteiger partial charge in [-0.3, -0.25) is 9.78 Å². The third kappa shape index (κ3) is 3.12. The number of aliphatic hydroxyl groups is 1. The number of hydrogen-bond donors (Lipinski definition) is 1. The lowest BCUT2D eigenvalue weighted by atomic mass is 10.0. The molecule has 0 aromatic carbocycles. The Morgan fingerprint density at radius 2 is 2.11 bits per heavy atom. The third-order valence-corrected chi connectivity index (χ3v) is 3.57. The van der Waals surface area contributed by atoms with Crippen LogP contribution < -0.4 is 0 Å². The fraction of sp³-hybridized carbons (Fsp3) is 0.467. The van der Waals surface area contributed by atoms with Gasteiger partial charge < -0.3 is 10.0 Å². The topological polar surface area (TPSA) is 53.4 Å². The number of carbonyl (C=O) groups is 1. The van der Waals surface area contributed by atoms with E-state index in [2.05, 4.69) is 30.7 Å². The van der Waals surface area contributed by atoms with Crippen molar-refractivity contribution in [1.82, 2.24) is 9.88 Å². The molecule has 1 aromatic rings. The molecule has 0 spiro atoms. The van der Waals surface area contributed by atoms with Gasteiger partial charge in [0.25, 0.3) is 5.91 Å². The summed E-state index contributed by atoms with van der Waals surface area (Å²) in [6, 6.07) is 1.73. The van der Waals surface area contributed by atoms with Gasteiger partial charge in [-0.1, -0.05) is 25.7 Å². The van der Waals surface area contributed by atoms with E-state index < -0.39 is 0 Å². The molecule has 4 nitrogen and oxygen atoms in total. The fourth-order valence-electron chi connectivity index (χ4n) is 2.24. The molecule has 2 atom stereocenters. The van der Waals surface area contributed by atoms with Gasteiger partial charge in [0.15, 0.2) is 0 Å². The average molecular weight is 258 g/mol. The maximum atomic E-state index is 12.4. The van der Waals surface area contributed by atoms with Gasteiger partial charge in [0.05, 0.1) is 5.56 Å². The number of aliphatic hydroxyl groups excluding tert-OH is 1. The highest BCUT2D eigenvalue weighted by molar-refractivity contribution is 5.94. The number of carbonyl (C=O) groups excluding carboxylic acids is 1. The molecule has 0 bridgehead atoms. The molecule has 2 unspecified atom stereocenters. The quantitative estimate of drug-likeness (QED) is 0.769. The molecule has 0 radical (unpaired) electrons. The van der Waals surface area contributed by atoms with Gasteiger partial charge >= 0.3 is 0 Å². The van der Waals surface area contributed by atoms with Crippen LogP contribution in [0.4, 0.5) is 0 Å². The Hall–Kier alpha value is -1.86. The standard InChI is InChI=1S/C15H18N2O2/c1-11-9-17(10-12(11)2)15(19)14-6-13(4-3-5-18)7-16-8-14/h6-8,11-12,18H,5,9-10H2,1-2H3. The zero-order valence-corrected chi connectivity index (χ0v) is 11.3. The van der Waals surface area contributed by atoms with E-state index in [0.717, 1.165) is 13.1 Å². The Bertz CT molecular complexity index is 520. The van der Waals surface area contributed by atoms with E-state index in [1.165, 1.54) is 0 Å². The summed E-state index contributed by atoms with van der Waals surface area (Å²) in [5.41, 5.74) is 1.21. The maximum Gasteiger partial charge on any atom is 0.255 e. The van der Waals surface area contributed by atoms with Crippen LogP contribution in [-0.4, -0.2) is 40.6 Å². The lowest BCUT2D eigenvalue weighted by Gasteiger charge is -2.15. The molecule has 1 saturated heterocycles. The Morgan fingerprint density at radius 3 is 2.74 bits per heavy atom. The number of likely N-dealkylation sites (tertiary alicyclic amines) is 1. The molecule has 1 fully saturated rings. The molecular weight excluding hydrogens is 240 g/mol. The minimum atomic E-state index is -0.195. The van der Waals surface area contributed by atoms with Crippen molar-refractivity contribution in [2.75, 3.05) is 19.7 Å². The second-order valence-electron chi connectivity index (χ2n) is 5.09. The van der Waals surface area contributed by atoms with Crippen LogP contribution in [0.5, 0.6) is 0 Å². The van der Waals surface area contributed by atoms with E-state index in [0.29, 0.717) is 23.0 Å². The maximum absolute atomic E-state index is 12.4. The van der Waals surface area contributed by atoms with Crippen LogP contribution in [0.1, 0.15) is 29.8 Å². The summed E-state index contributed by atoms with van der Waals surface area (Å²) in [5, 5.41) is 8.67. The zero-order chi connectivity index (χ0) is 13.8. The van der Waals surface area contributed by atoms with Crippen molar-refractivity contribution in [3.8, 4) is 11.8 Å². The van der Waals surface area contributed by atoms with Gasteiger partial charge in [-0.2, -0.15) is 0 Å². The molecule has 0 aliphatic carbocycles. The van der Waals surface area contributed by atoms with Gasteiger partial charge in [0.2, 0.25) is 0 Å². The first-order valence-corrected chi connectivity index (χ1v) is 6.46. The molecule has 100 valence electrons. The summed E-state index contributed by atoms with van der Waals surface area (Å²) in [7, 11) is 0. The fourth-order valence-corrected chi connectivity index (χ4v) is 2.24. The summed E-state index contributed by atoms with van der Waals surface area (Å²) in [4.78, 5) is 18.3. The molecule has 2 heterocycles. The number of rotatable bonds is 1. The molecule has 19 heavy (non-hydrogen) atoms. The number of pyridine rings is 1. The monoisotopic (exact) mass is 258 g/mol. The van der Waals surface area contributed by atoms with E-state index >= 15 is 0 Å². The van der Waals surface area contributed by atoms with E-state index in [-0.39, 0.29) is 12.5 Å². The van der Waals surface area contributed by atoms with Crippen molar-refractivity contribution in [3.05, 3.63) is 29.6 Å². The van der Waals surface area contributed by atoms with Crippen LogP contribution in [0.2, 0.25) is 0 Å². The summed E-state index contributed by atoms with van der Waals surface area (Å²) >= 11 is 0. The average Bonchev–Trinajstić information content (AvgIpc) is 2.76. The van der Waals surface area contributed by atoms with Gasteiger partial charge in [-0.15, -0.1) is 0 Å². The van der Waals surface area contributed by atoms with Crippen LogP contribution in [-0.2, 0) is 0 Å². The highest BCUT2D eigenvalue weighted by Crippen LogP contribution is 2.23. The Balaban J connectivity index is 2.16. The second kappa shape index (κ2) is 5.85. The number of hydrogen-bond acceptors (Lipinski definition) is 3. The molecule has 0 saturated carbocycles. The lowest BCUT2D eigenvalue weighted by Crippen LogP contribution is -2.29. The Labute approximate surface area is 113 Å². The summed E-state index contributed by atoms with van der Waals surface area (Å²) in [5.74, 6) is 6.40. The lowest BCUT2D eigenvalue weighted by molar-refractivity contribution is 0.0784. The highest BCUT2D eigenvalue weighted by Gasteiger charge is 2.29. The third-order valence-electron chi connectivity index (χ3n) is 3.57. The van der Waals surface area contributed by atoms with E-state index in [9.17, 15) is 4.79 Å². The van der Waals surface area contributed by atoms with E-state index in [1.807, 2.05) is 4.90 Å². The smallest absolute Gasteiger partial charge is 0.255 e.